The zero-order valence-corrected chi connectivity index (χ0v) is 10.7. The minimum atomic E-state index is -0.952. The van der Waals surface area contributed by atoms with Crippen molar-refractivity contribution in [3.63, 3.8) is 0 Å². The summed E-state index contributed by atoms with van der Waals surface area (Å²) in [6.45, 7) is 2.35. The van der Waals surface area contributed by atoms with Crippen molar-refractivity contribution in [3.05, 3.63) is 28.7 Å². The van der Waals surface area contributed by atoms with Crippen molar-refractivity contribution in [2.45, 2.75) is 13.5 Å². The van der Waals surface area contributed by atoms with E-state index in [4.69, 9.17) is 5.11 Å². The van der Waals surface area contributed by atoms with Crippen molar-refractivity contribution in [2.24, 2.45) is 0 Å². The van der Waals surface area contributed by atoms with Gasteiger partial charge in [-0.1, -0.05) is 0 Å². The Morgan fingerprint density at radius 3 is 2.72 bits per heavy atom. The van der Waals surface area contributed by atoms with Gasteiger partial charge in [-0.05, 0) is 13.0 Å². The Morgan fingerprint density at radius 2 is 2.11 bits per heavy atom. The number of nitrogens with zero attached hydrogens (tertiary/aromatic N) is 1. The van der Waals surface area contributed by atoms with E-state index in [0.29, 0.717) is 12.2 Å². The van der Waals surface area contributed by atoms with Crippen LogP contribution in [-0.2, 0) is 16.1 Å². The highest BCUT2D eigenvalue weighted by Gasteiger charge is 2.05. The van der Waals surface area contributed by atoms with Gasteiger partial charge in [0.05, 0.1) is 17.2 Å². The average molecular weight is 270 g/mol. The van der Waals surface area contributed by atoms with Crippen LogP contribution in [0.3, 0.4) is 0 Å². The summed E-state index contributed by atoms with van der Waals surface area (Å²) in [4.78, 5) is 33.1. The van der Waals surface area contributed by atoms with Crippen LogP contribution in [0.15, 0.2) is 23.1 Å². The van der Waals surface area contributed by atoms with Crippen LogP contribution in [0.2, 0.25) is 0 Å². The maximum absolute atomic E-state index is 11.5. The van der Waals surface area contributed by atoms with Gasteiger partial charge in [0.2, 0.25) is 5.91 Å². The lowest BCUT2D eigenvalue weighted by Gasteiger charge is -2.07. The molecule has 0 unspecified atom stereocenters. The number of anilines is 1. The highest BCUT2D eigenvalue weighted by atomic mass is 32.2. The first-order chi connectivity index (χ1) is 8.52. The van der Waals surface area contributed by atoms with E-state index in [9.17, 15) is 14.4 Å². The average Bonchev–Trinajstić information content (AvgIpc) is 2.31. The number of hydrogen-bond acceptors (Lipinski definition) is 4. The normalized spacial score (nSPS) is 10.1. The highest BCUT2D eigenvalue weighted by Crippen LogP contribution is 2.06. The maximum atomic E-state index is 11.5. The van der Waals surface area contributed by atoms with Gasteiger partial charge in [-0.3, -0.25) is 14.4 Å². The van der Waals surface area contributed by atoms with Crippen LogP contribution in [0, 0.1) is 0 Å². The van der Waals surface area contributed by atoms with E-state index in [2.05, 4.69) is 5.32 Å². The standard InChI is InChI=1S/C11H14N2O4S/c1-2-13-5-8(3-4-10(13)15)12-9(14)6-18-7-11(16)17/h3-5H,2,6-7H2,1H3,(H,12,14)(H,16,17). The van der Waals surface area contributed by atoms with Gasteiger partial charge in [0.25, 0.3) is 5.56 Å². The zero-order valence-electron chi connectivity index (χ0n) is 9.88. The van der Waals surface area contributed by atoms with Crippen molar-refractivity contribution in [2.75, 3.05) is 16.8 Å². The minimum absolute atomic E-state index is 0.0670. The summed E-state index contributed by atoms with van der Waals surface area (Å²) >= 11 is 1.02. The predicted molar refractivity (Wildman–Crippen MR) is 70.0 cm³/mol. The third kappa shape index (κ3) is 4.62. The summed E-state index contributed by atoms with van der Waals surface area (Å²) in [6, 6.07) is 2.90. The van der Waals surface area contributed by atoms with E-state index in [0.717, 1.165) is 11.8 Å². The molecule has 1 amide bonds. The first kappa shape index (κ1) is 14.3. The number of aliphatic carboxylic acids is 1. The van der Waals surface area contributed by atoms with Crippen molar-refractivity contribution in [3.8, 4) is 0 Å². The fraction of sp³-hybridized carbons (Fsp3) is 0.364. The SMILES string of the molecule is CCn1cc(NC(=O)CSCC(=O)O)ccc1=O. The second-order valence-electron chi connectivity index (χ2n) is 3.48. The molecule has 1 rings (SSSR count). The van der Waals surface area contributed by atoms with E-state index in [1.807, 2.05) is 6.92 Å². The highest BCUT2D eigenvalue weighted by molar-refractivity contribution is 8.00. The molecule has 0 atom stereocenters. The number of nitrogens with one attached hydrogen (secondary N) is 1. The Kier molecular flexibility index (Phi) is 5.44. The molecule has 0 fully saturated rings. The molecule has 0 saturated carbocycles. The lowest BCUT2D eigenvalue weighted by molar-refractivity contribution is -0.133. The van der Waals surface area contributed by atoms with E-state index in [-0.39, 0.29) is 23.0 Å². The van der Waals surface area contributed by atoms with Crippen LogP contribution in [0.4, 0.5) is 5.69 Å². The number of carbonyl (C=O) groups is 2. The quantitative estimate of drug-likeness (QED) is 0.791. The summed E-state index contributed by atoms with van der Waals surface area (Å²) in [7, 11) is 0. The summed E-state index contributed by atoms with van der Waals surface area (Å²) < 4.78 is 1.47. The van der Waals surface area contributed by atoms with Crippen molar-refractivity contribution < 1.29 is 14.7 Å². The molecule has 0 aliphatic rings. The van der Waals surface area contributed by atoms with Gasteiger partial charge < -0.3 is 15.0 Å². The third-order valence-corrected chi connectivity index (χ3v) is 2.98. The van der Waals surface area contributed by atoms with Crippen molar-refractivity contribution in [1.29, 1.82) is 0 Å². The number of carbonyl (C=O) groups excluding carboxylic acids is 1. The van der Waals surface area contributed by atoms with Gasteiger partial charge >= 0.3 is 5.97 Å². The molecular weight excluding hydrogens is 256 g/mol. The Hall–Kier alpha value is -1.76. The molecule has 0 aliphatic heterocycles. The topological polar surface area (TPSA) is 88.4 Å². The fourth-order valence-corrected chi connectivity index (χ4v) is 1.81. The molecule has 0 aliphatic carbocycles. The molecular formula is C11H14N2O4S. The van der Waals surface area contributed by atoms with Crippen LogP contribution in [0.1, 0.15) is 6.92 Å². The van der Waals surface area contributed by atoms with Crippen LogP contribution in [0.5, 0.6) is 0 Å². The Bertz CT molecular complexity index is 498. The molecule has 0 aromatic carbocycles. The van der Waals surface area contributed by atoms with Gasteiger partial charge in [-0.2, -0.15) is 0 Å². The number of carboxylic acid groups (broad SMARTS) is 1. The molecule has 1 aromatic rings. The number of aromatic nitrogens is 1. The van der Waals surface area contributed by atoms with Gasteiger partial charge in [0.1, 0.15) is 0 Å². The largest absolute Gasteiger partial charge is 0.481 e. The van der Waals surface area contributed by atoms with Crippen molar-refractivity contribution in [1.82, 2.24) is 4.57 Å². The molecule has 7 heteroatoms. The second kappa shape index (κ2) is 6.85. The monoisotopic (exact) mass is 270 g/mol. The zero-order chi connectivity index (χ0) is 13.5. The summed E-state index contributed by atoms with van der Waals surface area (Å²) in [5.41, 5.74) is 0.396. The van der Waals surface area contributed by atoms with Crippen LogP contribution in [-0.4, -0.2) is 33.1 Å². The van der Waals surface area contributed by atoms with Crippen molar-refractivity contribution >= 4 is 29.3 Å². The Labute approximate surface area is 108 Å². The summed E-state index contributed by atoms with van der Waals surface area (Å²) in [6.07, 6.45) is 1.56. The number of hydrogen-bond donors (Lipinski definition) is 2. The number of rotatable bonds is 6. The molecule has 98 valence electrons. The van der Waals surface area contributed by atoms with Crippen LogP contribution < -0.4 is 10.9 Å². The first-order valence-corrected chi connectivity index (χ1v) is 6.48. The molecule has 1 aromatic heterocycles. The first-order valence-electron chi connectivity index (χ1n) is 5.32. The minimum Gasteiger partial charge on any atom is -0.481 e. The summed E-state index contributed by atoms with van der Waals surface area (Å²) in [5, 5.41) is 11.0. The molecule has 0 spiro atoms. The Morgan fingerprint density at radius 1 is 1.39 bits per heavy atom. The van der Waals surface area contributed by atoms with Gasteiger partial charge in [-0.25, -0.2) is 0 Å². The molecule has 1 heterocycles. The molecule has 6 nitrogen and oxygen atoms in total. The maximum Gasteiger partial charge on any atom is 0.313 e. The molecule has 0 radical (unpaired) electrons. The predicted octanol–water partition coefficient (Wildman–Crippen LogP) is 0.624. The van der Waals surface area contributed by atoms with Gasteiger partial charge in [0, 0.05) is 18.8 Å². The van der Waals surface area contributed by atoms with E-state index < -0.39 is 5.97 Å². The van der Waals surface area contributed by atoms with E-state index in [1.165, 1.54) is 16.7 Å². The third-order valence-electron chi connectivity index (χ3n) is 2.07. The number of amides is 1. The number of carboxylic acids is 1. The second-order valence-corrected chi connectivity index (χ2v) is 4.46. The lowest BCUT2D eigenvalue weighted by atomic mass is 10.4. The molecule has 0 bridgehead atoms. The van der Waals surface area contributed by atoms with Crippen LogP contribution >= 0.6 is 11.8 Å². The molecule has 0 saturated heterocycles. The number of thioether (sulfide) groups is 1. The van der Waals surface area contributed by atoms with Crippen LogP contribution in [0.25, 0.3) is 0 Å². The smallest absolute Gasteiger partial charge is 0.313 e. The number of aryl methyl sites for hydroxylation is 1. The molecule has 2 N–H and O–H groups in total. The van der Waals surface area contributed by atoms with Gasteiger partial charge in [0.15, 0.2) is 0 Å². The van der Waals surface area contributed by atoms with E-state index >= 15 is 0 Å². The van der Waals surface area contributed by atoms with E-state index in [1.54, 1.807) is 6.20 Å². The molecule has 18 heavy (non-hydrogen) atoms. The lowest BCUT2D eigenvalue weighted by Crippen LogP contribution is -2.20. The summed E-state index contributed by atoms with van der Waals surface area (Å²) in [5.74, 6) is -1.28. The number of pyridine rings is 1. The van der Waals surface area contributed by atoms with Gasteiger partial charge in [-0.15, -0.1) is 11.8 Å². The fourth-order valence-electron chi connectivity index (χ4n) is 1.28. The Balaban J connectivity index is 2.54.